The smallest absolute Gasteiger partial charge is 0.266 e. The van der Waals surface area contributed by atoms with Crippen LogP contribution in [0.5, 0.6) is 0 Å². The van der Waals surface area contributed by atoms with Gasteiger partial charge < -0.3 is 15.5 Å². The van der Waals surface area contributed by atoms with Gasteiger partial charge in [0.2, 0.25) is 0 Å². The zero-order valence-corrected chi connectivity index (χ0v) is 19.1. The van der Waals surface area contributed by atoms with Gasteiger partial charge in [-0.3, -0.25) is 4.72 Å². The van der Waals surface area contributed by atoms with Gasteiger partial charge in [0, 0.05) is 31.1 Å². The second-order valence-electron chi connectivity index (χ2n) is 7.12. The lowest BCUT2D eigenvalue weighted by Gasteiger charge is -2.26. The Labute approximate surface area is 193 Å². The predicted octanol–water partition coefficient (Wildman–Crippen LogP) is 4.42. The summed E-state index contributed by atoms with van der Waals surface area (Å²) in [7, 11) is -4.22. The van der Waals surface area contributed by atoms with Gasteiger partial charge in [-0.15, -0.1) is 11.3 Å². The van der Waals surface area contributed by atoms with Crippen molar-refractivity contribution in [2.45, 2.75) is 11.3 Å². The average Bonchev–Trinajstić information content (AvgIpc) is 3.09. The molecule has 1 aliphatic rings. The molecule has 0 atom stereocenters. The second kappa shape index (κ2) is 9.57. The molecule has 0 unspecified atom stereocenters. The SMILES string of the molecule is O=S(=O)(Nc1cscn1)c1cc(Cl)c(Nc2ccc(F)cc2N2CCCNCC2)cc1F. The predicted molar refractivity (Wildman–Crippen MR) is 124 cm³/mol. The zero-order valence-electron chi connectivity index (χ0n) is 16.7. The molecule has 1 fully saturated rings. The van der Waals surface area contributed by atoms with E-state index in [-0.39, 0.29) is 16.5 Å². The van der Waals surface area contributed by atoms with Crippen molar-refractivity contribution in [2.24, 2.45) is 0 Å². The van der Waals surface area contributed by atoms with Crippen LogP contribution in [0.25, 0.3) is 0 Å². The molecule has 4 rings (SSSR count). The number of thiazole rings is 1. The maximum absolute atomic E-state index is 14.8. The summed E-state index contributed by atoms with van der Waals surface area (Å²) in [6.45, 7) is 3.03. The van der Waals surface area contributed by atoms with E-state index in [2.05, 4.69) is 20.3 Å². The Kier molecular flexibility index (Phi) is 6.79. The Bertz CT molecular complexity index is 1200. The number of nitrogens with zero attached hydrogens (tertiary/aromatic N) is 2. The normalized spacial score (nSPS) is 14.8. The summed E-state index contributed by atoms with van der Waals surface area (Å²) in [6.07, 6.45) is 0.893. The number of benzene rings is 2. The van der Waals surface area contributed by atoms with Gasteiger partial charge in [0.15, 0.2) is 5.82 Å². The number of sulfonamides is 1. The lowest BCUT2D eigenvalue weighted by molar-refractivity contribution is 0.570. The highest BCUT2D eigenvalue weighted by atomic mass is 35.5. The largest absolute Gasteiger partial charge is 0.368 e. The third-order valence-electron chi connectivity index (χ3n) is 4.89. The summed E-state index contributed by atoms with van der Waals surface area (Å²) in [5, 5.41) is 7.80. The Morgan fingerprint density at radius 1 is 1.12 bits per heavy atom. The number of hydrogen-bond acceptors (Lipinski definition) is 7. The van der Waals surface area contributed by atoms with Crippen LogP contribution in [0.1, 0.15) is 6.42 Å². The van der Waals surface area contributed by atoms with E-state index in [1.165, 1.54) is 34.4 Å². The maximum atomic E-state index is 14.8. The summed E-state index contributed by atoms with van der Waals surface area (Å²) in [5.41, 5.74) is 2.77. The van der Waals surface area contributed by atoms with Gasteiger partial charge in [0.1, 0.15) is 16.5 Å². The Balaban J connectivity index is 1.64. The van der Waals surface area contributed by atoms with Crippen molar-refractivity contribution in [3.05, 3.63) is 57.9 Å². The summed E-state index contributed by atoms with van der Waals surface area (Å²) < 4.78 is 56.1. The van der Waals surface area contributed by atoms with Crippen LogP contribution in [0.3, 0.4) is 0 Å². The van der Waals surface area contributed by atoms with Crippen molar-refractivity contribution in [2.75, 3.05) is 41.1 Å². The summed E-state index contributed by atoms with van der Waals surface area (Å²) in [4.78, 5) is 5.28. The van der Waals surface area contributed by atoms with Gasteiger partial charge in [-0.1, -0.05) is 11.6 Å². The molecule has 32 heavy (non-hydrogen) atoms. The highest BCUT2D eigenvalue weighted by Crippen LogP contribution is 2.35. The Morgan fingerprint density at radius 2 is 1.97 bits per heavy atom. The van der Waals surface area contributed by atoms with Gasteiger partial charge in [-0.05, 0) is 37.2 Å². The fourth-order valence-corrected chi connectivity index (χ4v) is 5.31. The molecule has 2 heterocycles. The number of hydrogen-bond donors (Lipinski definition) is 3. The Hall–Kier alpha value is -2.47. The lowest BCUT2D eigenvalue weighted by atomic mass is 10.2. The van der Waals surface area contributed by atoms with Crippen LogP contribution in [0, 0.1) is 11.6 Å². The van der Waals surface area contributed by atoms with E-state index in [9.17, 15) is 17.2 Å². The van der Waals surface area contributed by atoms with Gasteiger partial charge in [-0.2, -0.15) is 0 Å². The van der Waals surface area contributed by atoms with Crippen molar-refractivity contribution in [1.29, 1.82) is 0 Å². The lowest BCUT2D eigenvalue weighted by Crippen LogP contribution is -2.28. The summed E-state index contributed by atoms with van der Waals surface area (Å²) in [5.74, 6) is -1.28. The third-order valence-corrected chi connectivity index (χ3v) is 7.16. The maximum Gasteiger partial charge on any atom is 0.266 e. The van der Waals surface area contributed by atoms with E-state index in [1.54, 1.807) is 6.07 Å². The van der Waals surface area contributed by atoms with Gasteiger partial charge in [0.25, 0.3) is 10.0 Å². The van der Waals surface area contributed by atoms with E-state index in [0.717, 1.165) is 38.2 Å². The summed E-state index contributed by atoms with van der Waals surface area (Å²) in [6, 6.07) is 6.30. The monoisotopic (exact) mass is 499 g/mol. The van der Waals surface area contributed by atoms with Crippen molar-refractivity contribution >= 4 is 55.8 Å². The quantitative estimate of drug-likeness (QED) is 0.465. The van der Waals surface area contributed by atoms with E-state index in [0.29, 0.717) is 17.9 Å². The minimum Gasteiger partial charge on any atom is -0.368 e. The fourth-order valence-electron chi connectivity index (χ4n) is 3.39. The molecule has 12 heteroatoms. The van der Waals surface area contributed by atoms with Crippen LogP contribution >= 0.6 is 22.9 Å². The molecule has 1 aromatic heterocycles. The number of nitrogens with one attached hydrogen (secondary N) is 3. The molecule has 0 amide bonds. The van der Waals surface area contributed by atoms with Crippen LogP contribution in [-0.2, 0) is 10.0 Å². The first-order valence-electron chi connectivity index (χ1n) is 9.76. The standard InChI is InChI=1S/C20H20ClF2N5O2S2/c21-14-9-19(32(29,30)27-20-11-31-12-25-20)15(23)10-17(14)26-16-3-2-13(22)8-18(16)28-6-1-4-24-5-7-28/h2-3,8-12,24,26-27H,1,4-7H2. The summed E-state index contributed by atoms with van der Waals surface area (Å²) >= 11 is 7.50. The van der Waals surface area contributed by atoms with Gasteiger partial charge in [-0.25, -0.2) is 22.2 Å². The highest BCUT2D eigenvalue weighted by Gasteiger charge is 2.23. The average molecular weight is 500 g/mol. The molecule has 1 saturated heterocycles. The molecule has 0 spiro atoms. The molecule has 1 aliphatic heterocycles. The van der Waals surface area contributed by atoms with E-state index in [4.69, 9.17) is 11.6 Å². The molecular formula is C20H20ClF2N5O2S2. The molecule has 0 aliphatic carbocycles. The number of rotatable bonds is 6. The second-order valence-corrected chi connectivity index (χ2v) is 9.90. The van der Waals surface area contributed by atoms with Crippen molar-refractivity contribution in [3.8, 4) is 0 Å². The van der Waals surface area contributed by atoms with Gasteiger partial charge in [0.05, 0.1) is 27.6 Å². The third kappa shape index (κ3) is 5.12. The van der Waals surface area contributed by atoms with Crippen LogP contribution in [-0.4, -0.2) is 39.6 Å². The van der Waals surface area contributed by atoms with Crippen LogP contribution in [0.4, 0.5) is 31.7 Å². The first kappa shape index (κ1) is 22.7. The van der Waals surface area contributed by atoms with Gasteiger partial charge >= 0.3 is 0 Å². The highest BCUT2D eigenvalue weighted by molar-refractivity contribution is 7.92. The van der Waals surface area contributed by atoms with Crippen molar-refractivity contribution in [3.63, 3.8) is 0 Å². The van der Waals surface area contributed by atoms with E-state index in [1.807, 2.05) is 4.90 Å². The molecule has 3 N–H and O–H groups in total. The molecule has 170 valence electrons. The van der Waals surface area contributed by atoms with Crippen molar-refractivity contribution in [1.82, 2.24) is 10.3 Å². The first-order chi connectivity index (χ1) is 15.3. The van der Waals surface area contributed by atoms with E-state index >= 15 is 0 Å². The van der Waals surface area contributed by atoms with Crippen molar-refractivity contribution < 1.29 is 17.2 Å². The minimum absolute atomic E-state index is 0.00198. The topological polar surface area (TPSA) is 86.4 Å². The number of aromatic nitrogens is 1. The van der Waals surface area contributed by atoms with Crippen LogP contribution < -0.4 is 20.3 Å². The Morgan fingerprint density at radius 3 is 2.75 bits per heavy atom. The number of halogens is 3. The molecule has 2 aromatic carbocycles. The van der Waals surface area contributed by atoms with Crippen LogP contribution in [0.15, 0.2) is 46.1 Å². The molecule has 0 saturated carbocycles. The molecule has 0 radical (unpaired) electrons. The molecule has 3 aromatic rings. The first-order valence-corrected chi connectivity index (χ1v) is 12.6. The number of anilines is 4. The molecular weight excluding hydrogens is 480 g/mol. The fraction of sp³-hybridized carbons (Fsp3) is 0.250. The zero-order chi connectivity index (χ0) is 22.7. The van der Waals surface area contributed by atoms with E-state index < -0.39 is 26.6 Å². The molecule has 7 nitrogen and oxygen atoms in total. The van der Waals surface area contributed by atoms with Crippen LogP contribution in [0.2, 0.25) is 5.02 Å². The minimum atomic E-state index is -4.22. The molecule has 0 bridgehead atoms.